The molecule has 0 aliphatic carbocycles. The number of benzene rings is 1. The highest BCUT2D eigenvalue weighted by atomic mass is 79.9. The molecule has 0 saturated heterocycles. The molecule has 0 unspecified atom stereocenters. The fourth-order valence-electron chi connectivity index (χ4n) is 2.18. The first kappa shape index (κ1) is 16.5. The molecule has 0 aliphatic rings. The average Bonchev–Trinajstić information content (AvgIpc) is 2.37. The zero-order valence-corrected chi connectivity index (χ0v) is 14.3. The summed E-state index contributed by atoms with van der Waals surface area (Å²) in [4.78, 5) is 2.45. The van der Waals surface area contributed by atoms with Gasteiger partial charge in [-0.15, -0.1) is 0 Å². The first-order chi connectivity index (χ1) is 9.10. The molecular weight excluding hydrogens is 300 g/mol. The van der Waals surface area contributed by atoms with Crippen molar-refractivity contribution >= 4 is 21.6 Å². The third kappa shape index (κ3) is 5.15. The molecule has 1 aromatic rings. The Bertz CT molecular complexity index is 377. The second kappa shape index (κ2) is 8.60. The molecular formula is C16H27BrN2. The largest absolute Gasteiger partial charge is 0.369 e. The monoisotopic (exact) mass is 326 g/mol. The van der Waals surface area contributed by atoms with Crippen molar-refractivity contribution in [2.75, 3.05) is 18.0 Å². The van der Waals surface area contributed by atoms with E-state index in [4.69, 9.17) is 0 Å². The summed E-state index contributed by atoms with van der Waals surface area (Å²) in [6, 6.07) is 7.26. The fourth-order valence-corrected chi connectivity index (χ4v) is 2.69. The summed E-state index contributed by atoms with van der Waals surface area (Å²) in [5, 5.41) is 3.45. The highest BCUT2D eigenvalue weighted by Gasteiger charge is 2.11. The number of nitrogens with zero attached hydrogens (tertiary/aromatic N) is 1. The molecule has 1 N–H and O–H groups in total. The predicted molar refractivity (Wildman–Crippen MR) is 88.9 cm³/mol. The van der Waals surface area contributed by atoms with Crippen LogP contribution in [0.15, 0.2) is 22.7 Å². The molecule has 0 amide bonds. The van der Waals surface area contributed by atoms with E-state index in [-0.39, 0.29) is 0 Å². The van der Waals surface area contributed by atoms with Gasteiger partial charge in [-0.1, -0.05) is 35.8 Å². The summed E-state index contributed by atoms with van der Waals surface area (Å²) in [6.45, 7) is 12.0. The molecule has 0 aliphatic heterocycles. The van der Waals surface area contributed by atoms with Crippen molar-refractivity contribution in [3.63, 3.8) is 0 Å². The van der Waals surface area contributed by atoms with Gasteiger partial charge >= 0.3 is 0 Å². The third-order valence-corrected chi connectivity index (χ3v) is 3.94. The van der Waals surface area contributed by atoms with Crippen LogP contribution in [0.2, 0.25) is 0 Å². The maximum absolute atomic E-state index is 3.70. The smallest absolute Gasteiger partial charge is 0.0380 e. The van der Waals surface area contributed by atoms with Gasteiger partial charge in [0.05, 0.1) is 0 Å². The van der Waals surface area contributed by atoms with Crippen molar-refractivity contribution in [1.82, 2.24) is 5.32 Å². The highest BCUT2D eigenvalue weighted by molar-refractivity contribution is 9.10. The molecule has 0 atom stereocenters. The quantitative estimate of drug-likeness (QED) is 0.704. The van der Waals surface area contributed by atoms with Crippen LogP contribution in [-0.4, -0.2) is 19.1 Å². The molecule has 0 saturated carbocycles. The minimum absolute atomic E-state index is 0.538. The van der Waals surface area contributed by atoms with Gasteiger partial charge in [0.25, 0.3) is 0 Å². The molecule has 0 spiro atoms. The summed E-state index contributed by atoms with van der Waals surface area (Å²) in [7, 11) is 0. The van der Waals surface area contributed by atoms with E-state index in [9.17, 15) is 0 Å². The lowest BCUT2D eigenvalue weighted by atomic mass is 10.1. The molecule has 0 bridgehead atoms. The van der Waals surface area contributed by atoms with Crippen LogP contribution in [0.25, 0.3) is 0 Å². The van der Waals surface area contributed by atoms with Crippen LogP contribution in [0.3, 0.4) is 0 Å². The number of hydrogen-bond acceptors (Lipinski definition) is 2. The van der Waals surface area contributed by atoms with Crippen LogP contribution < -0.4 is 10.2 Å². The SMILES string of the molecule is CCCNCc1ccc(N(CCC)C(C)C)cc1Br. The van der Waals surface area contributed by atoms with E-state index in [1.807, 2.05) is 0 Å². The van der Waals surface area contributed by atoms with E-state index in [2.05, 4.69) is 72.0 Å². The number of halogens is 1. The van der Waals surface area contributed by atoms with Crippen LogP contribution in [0.5, 0.6) is 0 Å². The second-order valence-corrected chi connectivity index (χ2v) is 6.09. The summed E-state index contributed by atoms with van der Waals surface area (Å²) < 4.78 is 1.20. The zero-order valence-electron chi connectivity index (χ0n) is 12.7. The Balaban J connectivity index is 2.79. The molecule has 108 valence electrons. The summed E-state index contributed by atoms with van der Waals surface area (Å²) in [6.07, 6.45) is 2.35. The maximum atomic E-state index is 3.70. The molecule has 19 heavy (non-hydrogen) atoms. The van der Waals surface area contributed by atoms with Gasteiger partial charge in [-0.2, -0.15) is 0 Å². The summed E-state index contributed by atoms with van der Waals surface area (Å²) >= 11 is 3.70. The Kier molecular flexibility index (Phi) is 7.47. The van der Waals surface area contributed by atoms with Crippen molar-refractivity contribution < 1.29 is 0 Å². The maximum Gasteiger partial charge on any atom is 0.0380 e. The number of anilines is 1. The van der Waals surface area contributed by atoms with Gasteiger partial charge < -0.3 is 10.2 Å². The Morgan fingerprint density at radius 1 is 1.21 bits per heavy atom. The van der Waals surface area contributed by atoms with Gasteiger partial charge in [-0.3, -0.25) is 0 Å². The third-order valence-electron chi connectivity index (χ3n) is 3.20. The van der Waals surface area contributed by atoms with E-state index < -0.39 is 0 Å². The summed E-state index contributed by atoms with van der Waals surface area (Å²) in [5.41, 5.74) is 2.64. The number of rotatable bonds is 8. The minimum atomic E-state index is 0.538. The van der Waals surface area contributed by atoms with Gasteiger partial charge in [0, 0.05) is 29.3 Å². The van der Waals surface area contributed by atoms with Crippen LogP contribution in [-0.2, 0) is 6.54 Å². The molecule has 1 rings (SSSR count). The van der Waals surface area contributed by atoms with E-state index >= 15 is 0 Å². The molecule has 0 fully saturated rings. The van der Waals surface area contributed by atoms with Crippen molar-refractivity contribution in [2.45, 2.75) is 53.1 Å². The van der Waals surface area contributed by atoms with Crippen molar-refractivity contribution in [3.8, 4) is 0 Å². The second-order valence-electron chi connectivity index (χ2n) is 5.24. The van der Waals surface area contributed by atoms with Gasteiger partial charge in [0.2, 0.25) is 0 Å². The molecule has 0 aromatic heterocycles. The van der Waals surface area contributed by atoms with Crippen LogP contribution in [0.4, 0.5) is 5.69 Å². The Morgan fingerprint density at radius 3 is 2.47 bits per heavy atom. The molecule has 3 heteroatoms. The van der Waals surface area contributed by atoms with Gasteiger partial charge in [0.1, 0.15) is 0 Å². The molecule has 0 radical (unpaired) electrons. The number of hydrogen-bond donors (Lipinski definition) is 1. The van der Waals surface area contributed by atoms with Crippen LogP contribution in [0.1, 0.15) is 46.1 Å². The molecule has 2 nitrogen and oxygen atoms in total. The highest BCUT2D eigenvalue weighted by Crippen LogP contribution is 2.25. The summed E-state index contributed by atoms with van der Waals surface area (Å²) in [5.74, 6) is 0. The van der Waals surface area contributed by atoms with Gasteiger partial charge in [-0.05, 0) is 50.9 Å². The van der Waals surface area contributed by atoms with Crippen molar-refractivity contribution in [3.05, 3.63) is 28.2 Å². The average molecular weight is 327 g/mol. The Labute approximate surface area is 126 Å². The van der Waals surface area contributed by atoms with Gasteiger partial charge in [-0.25, -0.2) is 0 Å². The lowest BCUT2D eigenvalue weighted by molar-refractivity contribution is 0.666. The first-order valence-electron chi connectivity index (χ1n) is 7.35. The van der Waals surface area contributed by atoms with E-state index in [0.29, 0.717) is 6.04 Å². The normalized spacial score (nSPS) is 11.1. The van der Waals surface area contributed by atoms with Crippen molar-refractivity contribution in [1.29, 1.82) is 0 Å². The Hall–Kier alpha value is -0.540. The van der Waals surface area contributed by atoms with E-state index in [0.717, 1.165) is 19.6 Å². The van der Waals surface area contributed by atoms with Gasteiger partial charge in [0.15, 0.2) is 0 Å². The fraction of sp³-hybridized carbons (Fsp3) is 0.625. The molecule has 0 heterocycles. The minimum Gasteiger partial charge on any atom is -0.369 e. The number of nitrogens with one attached hydrogen (secondary N) is 1. The molecule has 1 aromatic carbocycles. The van der Waals surface area contributed by atoms with E-state index in [1.165, 1.54) is 28.6 Å². The van der Waals surface area contributed by atoms with Crippen molar-refractivity contribution in [2.24, 2.45) is 0 Å². The topological polar surface area (TPSA) is 15.3 Å². The Morgan fingerprint density at radius 2 is 1.95 bits per heavy atom. The standard InChI is InChI=1S/C16H27BrN2/c1-5-9-18-12-14-7-8-15(11-16(14)17)19(10-6-2)13(3)4/h7-8,11,13,18H,5-6,9-10,12H2,1-4H3. The van der Waals surface area contributed by atoms with Crippen LogP contribution >= 0.6 is 15.9 Å². The van der Waals surface area contributed by atoms with Crippen LogP contribution in [0, 0.1) is 0 Å². The van der Waals surface area contributed by atoms with E-state index in [1.54, 1.807) is 0 Å². The lowest BCUT2D eigenvalue weighted by Gasteiger charge is -2.29. The zero-order chi connectivity index (χ0) is 14.3. The first-order valence-corrected chi connectivity index (χ1v) is 8.15. The lowest BCUT2D eigenvalue weighted by Crippen LogP contribution is -2.31. The predicted octanol–water partition coefficient (Wildman–Crippen LogP) is 4.57.